The van der Waals surface area contributed by atoms with Gasteiger partial charge in [0, 0.05) is 0 Å². The van der Waals surface area contributed by atoms with Crippen LogP contribution in [0.5, 0.6) is 0 Å². The second-order valence-corrected chi connectivity index (χ2v) is 4.22. The number of rotatable bonds is 0. The molecule has 0 bridgehead atoms. The standard InChI is InChI=1S/3H3O4P.3Zn/c3*1-5(2,3)4;;;/h3*(H3,1,2,3,4);;;/q;;;3*+2/p-6. The van der Waals surface area contributed by atoms with Gasteiger partial charge >= 0.3 is 66.3 Å². The molecule has 0 aliphatic rings. The van der Waals surface area contributed by atoms with Crippen molar-refractivity contribution in [3.8, 4) is 0 Å². The first kappa shape index (κ1) is 36.9. The first-order valence-corrected chi connectivity index (χ1v) is 6.73. The van der Waals surface area contributed by atoms with E-state index < -0.39 is 23.5 Å². The molecule has 18 heavy (non-hydrogen) atoms. The van der Waals surface area contributed by atoms with Crippen molar-refractivity contribution in [1.82, 2.24) is 0 Å². The Morgan fingerprint density at radius 3 is 0.556 bits per heavy atom. The quantitative estimate of drug-likeness (QED) is 0.214. The van der Waals surface area contributed by atoms with E-state index in [1.165, 1.54) is 0 Å². The Morgan fingerprint density at radius 1 is 0.556 bits per heavy atom. The van der Waals surface area contributed by atoms with Gasteiger partial charge in [-0.15, -0.1) is 0 Å². The van der Waals surface area contributed by atoms with Crippen LogP contribution in [-0.4, -0.2) is 14.7 Å². The third-order valence-corrected chi connectivity index (χ3v) is 0. The van der Waals surface area contributed by atoms with Gasteiger partial charge in [0.05, 0.1) is 0 Å². The Labute approximate surface area is 139 Å². The summed E-state index contributed by atoms with van der Waals surface area (Å²) in [5, 5.41) is 0. The van der Waals surface area contributed by atoms with Crippen LogP contribution in [0.15, 0.2) is 0 Å². The number of phosphoric acid groups is 3. The van der Waals surface area contributed by atoms with Crippen LogP contribution in [0.4, 0.5) is 0 Å². The summed E-state index contributed by atoms with van der Waals surface area (Å²) in [7, 11) is -15.4. The molecule has 0 aliphatic carbocycles. The second-order valence-electron chi connectivity index (χ2n) is 1.41. The molecule has 0 radical (unpaired) electrons. The first-order valence-electron chi connectivity index (χ1n) is 2.24. The normalized spacial score (nSPS) is 9.83. The molecule has 96 valence electrons. The molecule has 0 rings (SSSR count). The molecule has 0 aliphatic heterocycles. The van der Waals surface area contributed by atoms with Gasteiger partial charge in [-0.1, -0.05) is 0 Å². The fraction of sp³-hybridized carbons (Fsp3) is 0. The fourth-order valence-electron chi connectivity index (χ4n) is 0. The molecule has 0 saturated carbocycles. The van der Waals surface area contributed by atoms with E-state index in [1.54, 1.807) is 0 Å². The Hall–Kier alpha value is 2.20. The molecule has 0 saturated heterocycles. The van der Waals surface area contributed by atoms with Crippen LogP contribution in [-0.2, 0) is 72.1 Å². The van der Waals surface area contributed by atoms with Gasteiger partial charge in [-0.05, 0) is 0 Å². The summed E-state index contributed by atoms with van der Waals surface area (Å²) in [6.07, 6.45) is 0. The van der Waals surface area contributed by atoms with Crippen LogP contribution in [0.1, 0.15) is 0 Å². The van der Waals surface area contributed by atoms with Crippen LogP contribution in [0, 0.1) is 0 Å². The van der Waals surface area contributed by atoms with Gasteiger partial charge in [0.1, 0.15) is 0 Å². The van der Waals surface area contributed by atoms with Gasteiger partial charge in [-0.2, -0.15) is 15.6 Å². The van der Waals surface area contributed by atoms with Crippen LogP contribution in [0.3, 0.4) is 0 Å². The van der Waals surface area contributed by atoms with E-state index in [9.17, 15) is 0 Å². The van der Waals surface area contributed by atoms with E-state index in [2.05, 4.69) is 0 Å². The van der Waals surface area contributed by atoms with E-state index in [0.29, 0.717) is 0 Å². The molecule has 0 aromatic heterocycles. The van der Waals surface area contributed by atoms with E-state index >= 15 is 0 Å². The fourth-order valence-corrected chi connectivity index (χ4v) is 0. The van der Waals surface area contributed by atoms with Crippen molar-refractivity contribution in [3.63, 3.8) is 0 Å². The zero-order valence-corrected chi connectivity index (χ0v) is 20.1. The summed E-state index contributed by atoms with van der Waals surface area (Å²) >= 11 is 0. The minimum Gasteiger partial charge on any atom is -0.822 e. The van der Waals surface area contributed by atoms with E-state index in [4.69, 9.17) is 57.7 Å². The van der Waals surface area contributed by atoms with E-state index in [0.717, 1.165) is 0 Å². The van der Waals surface area contributed by atoms with Crippen LogP contribution < -0.4 is 29.4 Å². The van der Waals surface area contributed by atoms with Gasteiger partial charge < -0.3 is 53.2 Å². The average Bonchev–Trinajstić information content (AvgIpc) is 1.41. The van der Waals surface area contributed by atoms with E-state index in [1.807, 2.05) is 0 Å². The smallest absolute Gasteiger partial charge is 0.822 e. The predicted molar refractivity (Wildman–Crippen MR) is 29.5 cm³/mol. The molecule has 0 aromatic carbocycles. The molecule has 0 unspecified atom stereocenters. The summed E-state index contributed by atoms with van der Waals surface area (Å²) in [4.78, 5) is 72.9. The molecule has 0 spiro atoms. The minimum absolute atomic E-state index is 0. The summed E-state index contributed by atoms with van der Waals surface area (Å²) in [6, 6.07) is 0. The topological polar surface area (TPSA) is 250 Å². The molecule has 18 heteroatoms. The van der Waals surface area contributed by atoms with Crippen molar-refractivity contribution in [3.05, 3.63) is 0 Å². The van der Waals surface area contributed by atoms with Gasteiger partial charge in [0.15, 0.2) is 0 Å². The summed E-state index contributed by atoms with van der Waals surface area (Å²) in [5.74, 6) is 0. The maximum atomic E-state index is 8.88. The molecule has 0 atom stereocenters. The largest absolute Gasteiger partial charge is 2.00 e. The van der Waals surface area contributed by atoms with Crippen molar-refractivity contribution in [2.45, 2.75) is 0 Å². The SMILES string of the molecule is O=P(O)(O)O.O=P([O-])([O-])[O-].O=P([O-])([O-])[O-].[Zn+2].[Zn+2].[Zn+2]. The van der Waals surface area contributed by atoms with Crippen molar-refractivity contribution >= 4 is 23.5 Å². The van der Waals surface area contributed by atoms with Crippen molar-refractivity contribution in [2.75, 3.05) is 0 Å². The molecule has 0 fully saturated rings. The van der Waals surface area contributed by atoms with Crippen LogP contribution in [0.25, 0.3) is 0 Å². The molecule has 0 heterocycles. The summed E-state index contributed by atoms with van der Waals surface area (Å²) in [6.45, 7) is 0. The zero-order valence-electron chi connectivity index (χ0n) is 8.48. The molecule has 0 aromatic rings. The first-order chi connectivity index (χ1) is 6.00. The molecular weight excluding hydrogens is 481 g/mol. The summed E-state index contributed by atoms with van der Waals surface area (Å²) in [5.41, 5.74) is 0. The Bertz CT molecular complexity index is 209. The molecule has 3 N–H and O–H groups in total. The molecule has 12 nitrogen and oxygen atoms in total. The maximum Gasteiger partial charge on any atom is 2.00 e. The van der Waals surface area contributed by atoms with Crippen molar-refractivity contribution in [1.29, 1.82) is 0 Å². The Morgan fingerprint density at radius 2 is 0.556 bits per heavy atom. The van der Waals surface area contributed by atoms with Crippen molar-refractivity contribution < 1.29 is 116 Å². The van der Waals surface area contributed by atoms with Crippen LogP contribution in [0.2, 0.25) is 0 Å². The zero-order chi connectivity index (χ0) is 13.5. The van der Waals surface area contributed by atoms with Crippen molar-refractivity contribution in [2.24, 2.45) is 0 Å². The average molecular weight is 484 g/mol. The van der Waals surface area contributed by atoms with Gasteiger partial charge in [0.25, 0.3) is 0 Å². The summed E-state index contributed by atoms with van der Waals surface area (Å²) < 4.78 is 26.0. The number of hydrogen-bond donors (Lipinski definition) is 3. The number of hydrogen-bond acceptors (Lipinski definition) is 9. The van der Waals surface area contributed by atoms with Gasteiger partial charge in [-0.25, -0.2) is 4.57 Å². The maximum absolute atomic E-state index is 8.88. The Kier molecular flexibility index (Phi) is 32.0. The second kappa shape index (κ2) is 15.6. The minimum atomic E-state index is -5.39. The van der Waals surface area contributed by atoms with Gasteiger partial charge in [0.2, 0.25) is 0 Å². The monoisotopic (exact) mass is 480 g/mol. The van der Waals surface area contributed by atoms with Gasteiger partial charge in [-0.3, -0.25) is 0 Å². The molecular formula is H3O12P3Zn3. The van der Waals surface area contributed by atoms with E-state index in [-0.39, 0.29) is 58.4 Å². The predicted octanol–water partition coefficient (Wildman–Crippen LogP) is -6.59. The Balaban J connectivity index is -0.0000000277. The molecule has 0 amide bonds. The van der Waals surface area contributed by atoms with Crippen LogP contribution >= 0.6 is 23.5 Å². The third-order valence-electron chi connectivity index (χ3n) is 0. The third kappa shape index (κ3) is 1110.